The van der Waals surface area contributed by atoms with Gasteiger partial charge in [0.25, 0.3) is 0 Å². The fourth-order valence-corrected chi connectivity index (χ4v) is 1.50. The van der Waals surface area contributed by atoms with E-state index in [1.165, 1.54) is 0 Å². The number of hydrogen-bond acceptors (Lipinski definition) is 3. The third-order valence-electron chi connectivity index (χ3n) is 2.32. The van der Waals surface area contributed by atoms with Crippen LogP contribution in [0, 0.1) is 0 Å². The van der Waals surface area contributed by atoms with Crippen molar-refractivity contribution in [2.24, 2.45) is 0 Å². The molecule has 1 N–H and O–H groups in total. The molecule has 2 rings (SSSR count). The smallest absolute Gasteiger partial charge is 0.153 e. The lowest BCUT2D eigenvalue weighted by Gasteiger charge is -2.04. The van der Waals surface area contributed by atoms with Gasteiger partial charge in [0.1, 0.15) is 11.5 Å². The molecule has 2 aromatic rings. The number of aldehydes is 1. The Balaban J connectivity index is 2.71. The summed E-state index contributed by atoms with van der Waals surface area (Å²) in [5.41, 5.74) is 0.288. The zero-order valence-electron chi connectivity index (χ0n) is 8.23. The first-order valence-electron chi connectivity index (χ1n) is 4.50. The van der Waals surface area contributed by atoms with Crippen molar-refractivity contribution in [3.05, 3.63) is 35.9 Å². The second kappa shape index (κ2) is 3.61. The summed E-state index contributed by atoms with van der Waals surface area (Å²) in [7, 11) is 1.59. The third-order valence-corrected chi connectivity index (χ3v) is 2.32. The van der Waals surface area contributed by atoms with E-state index in [9.17, 15) is 9.90 Å². The van der Waals surface area contributed by atoms with Crippen LogP contribution in [-0.2, 0) is 0 Å². The van der Waals surface area contributed by atoms with E-state index in [4.69, 9.17) is 4.74 Å². The maximum atomic E-state index is 10.6. The number of ether oxygens (including phenoxy) is 1. The van der Waals surface area contributed by atoms with Gasteiger partial charge >= 0.3 is 0 Å². The van der Waals surface area contributed by atoms with Gasteiger partial charge in [0.2, 0.25) is 0 Å². The average molecular weight is 202 g/mol. The first-order chi connectivity index (χ1) is 7.24. The molecular weight excluding hydrogens is 192 g/mol. The summed E-state index contributed by atoms with van der Waals surface area (Å²) < 4.78 is 5.08. The Kier molecular flexibility index (Phi) is 2.29. The van der Waals surface area contributed by atoms with E-state index in [1.807, 2.05) is 18.2 Å². The quantitative estimate of drug-likeness (QED) is 0.760. The summed E-state index contributed by atoms with van der Waals surface area (Å²) in [5.74, 6) is 0.729. The molecule has 0 bridgehead atoms. The lowest BCUT2D eigenvalue weighted by molar-refractivity contribution is 0.112. The van der Waals surface area contributed by atoms with Gasteiger partial charge in [0.05, 0.1) is 12.7 Å². The Labute approximate surface area is 86.9 Å². The molecule has 76 valence electrons. The molecule has 0 saturated heterocycles. The molecule has 0 aliphatic heterocycles. The second-order valence-corrected chi connectivity index (χ2v) is 3.24. The summed E-state index contributed by atoms with van der Waals surface area (Å²) in [6.45, 7) is 0. The molecule has 0 saturated carbocycles. The number of hydrogen-bond donors (Lipinski definition) is 1. The molecule has 0 unspecified atom stereocenters. The summed E-state index contributed by atoms with van der Waals surface area (Å²) in [6, 6.07) is 8.67. The summed E-state index contributed by atoms with van der Waals surface area (Å²) in [6.07, 6.45) is 0.633. The van der Waals surface area contributed by atoms with Gasteiger partial charge in [-0.25, -0.2) is 0 Å². The van der Waals surface area contributed by atoms with Gasteiger partial charge in [-0.1, -0.05) is 6.07 Å². The minimum absolute atomic E-state index is 0.00247. The molecule has 0 fully saturated rings. The third kappa shape index (κ3) is 1.64. The van der Waals surface area contributed by atoms with Crippen LogP contribution >= 0.6 is 0 Å². The highest BCUT2D eigenvalue weighted by molar-refractivity contribution is 5.92. The highest BCUT2D eigenvalue weighted by Gasteiger charge is 2.03. The van der Waals surface area contributed by atoms with Gasteiger partial charge in [0, 0.05) is 0 Å². The number of methoxy groups -OCH3 is 1. The normalized spacial score (nSPS) is 10.2. The molecule has 0 radical (unpaired) electrons. The number of rotatable bonds is 2. The first-order valence-corrected chi connectivity index (χ1v) is 4.50. The van der Waals surface area contributed by atoms with Crippen LogP contribution in [0.25, 0.3) is 10.8 Å². The van der Waals surface area contributed by atoms with Crippen LogP contribution in [0.2, 0.25) is 0 Å². The fourth-order valence-electron chi connectivity index (χ4n) is 1.50. The van der Waals surface area contributed by atoms with E-state index in [-0.39, 0.29) is 11.3 Å². The average Bonchev–Trinajstić information content (AvgIpc) is 2.27. The van der Waals surface area contributed by atoms with Crippen molar-refractivity contribution < 1.29 is 14.6 Å². The van der Waals surface area contributed by atoms with Crippen molar-refractivity contribution in [3.63, 3.8) is 0 Å². The number of aromatic hydroxyl groups is 1. The predicted molar refractivity (Wildman–Crippen MR) is 57.6 cm³/mol. The second-order valence-electron chi connectivity index (χ2n) is 3.24. The van der Waals surface area contributed by atoms with Crippen molar-refractivity contribution >= 4 is 17.1 Å². The van der Waals surface area contributed by atoms with E-state index in [0.717, 1.165) is 16.5 Å². The molecule has 0 aliphatic rings. The maximum Gasteiger partial charge on any atom is 0.153 e. The van der Waals surface area contributed by atoms with E-state index < -0.39 is 0 Å². The van der Waals surface area contributed by atoms with Crippen molar-refractivity contribution in [1.82, 2.24) is 0 Å². The zero-order valence-corrected chi connectivity index (χ0v) is 8.23. The van der Waals surface area contributed by atoms with E-state index >= 15 is 0 Å². The Morgan fingerprint density at radius 2 is 2.00 bits per heavy atom. The highest BCUT2D eigenvalue weighted by atomic mass is 16.5. The minimum Gasteiger partial charge on any atom is -0.507 e. The Hall–Kier alpha value is -2.03. The Morgan fingerprint density at radius 1 is 1.20 bits per heavy atom. The van der Waals surface area contributed by atoms with Gasteiger partial charge in [-0.3, -0.25) is 4.79 Å². The van der Waals surface area contributed by atoms with E-state index in [0.29, 0.717) is 6.29 Å². The van der Waals surface area contributed by atoms with Gasteiger partial charge in [-0.15, -0.1) is 0 Å². The summed E-state index contributed by atoms with van der Waals surface area (Å²) in [5, 5.41) is 11.2. The topological polar surface area (TPSA) is 46.5 Å². The van der Waals surface area contributed by atoms with Crippen LogP contribution in [0.1, 0.15) is 10.4 Å². The summed E-state index contributed by atoms with van der Waals surface area (Å²) in [4.78, 5) is 10.6. The molecule has 3 heteroatoms. The fraction of sp³-hybridized carbons (Fsp3) is 0.0833. The van der Waals surface area contributed by atoms with Crippen LogP contribution in [0.3, 0.4) is 0 Å². The van der Waals surface area contributed by atoms with E-state index in [2.05, 4.69) is 0 Å². The van der Waals surface area contributed by atoms with E-state index in [1.54, 1.807) is 19.2 Å². The molecular formula is C12H10O3. The van der Waals surface area contributed by atoms with Crippen LogP contribution < -0.4 is 4.74 Å². The number of carbonyl (C=O) groups excluding carboxylic acids is 1. The number of benzene rings is 2. The zero-order chi connectivity index (χ0) is 10.8. The van der Waals surface area contributed by atoms with Gasteiger partial charge < -0.3 is 9.84 Å². The van der Waals surface area contributed by atoms with Crippen LogP contribution in [-0.4, -0.2) is 18.5 Å². The maximum absolute atomic E-state index is 10.6. The molecule has 0 spiro atoms. The molecule has 0 heterocycles. The molecule has 0 aliphatic carbocycles. The number of carbonyl (C=O) groups is 1. The minimum atomic E-state index is 0.00247. The predicted octanol–water partition coefficient (Wildman–Crippen LogP) is 2.37. The molecule has 2 aromatic carbocycles. The van der Waals surface area contributed by atoms with Crippen LogP contribution in [0.15, 0.2) is 30.3 Å². The molecule has 15 heavy (non-hydrogen) atoms. The van der Waals surface area contributed by atoms with Crippen molar-refractivity contribution in [1.29, 1.82) is 0 Å². The lowest BCUT2D eigenvalue weighted by Crippen LogP contribution is -1.85. The number of fused-ring (bicyclic) bond motifs is 1. The number of phenolic OH excluding ortho intramolecular Hbond substituents is 1. The van der Waals surface area contributed by atoms with Crippen molar-refractivity contribution in [2.75, 3.05) is 7.11 Å². The summed E-state index contributed by atoms with van der Waals surface area (Å²) >= 11 is 0. The molecule has 0 atom stereocenters. The van der Waals surface area contributed by atoms with Gasteiger partial charge in [0.15, 0.2) is 6.29 Å². The van der Waals surface area contributed by atoms with Gasteiger partial charge in [-0.2, -0.15) is 0 Å². The first kappa shape index (κ1) is 9.52. The highest BCUT2D eigenvalue weighted by Crippen LogP contribution is 2.26. The van der Waals surface area contributed by atoms with Crippen LogP contribution in [0.5, 0.6) is 11.5 Å². The molecule has 0 amide bonds. The van der Waals surface area contributed by atoms with Crippen molar-refractivity contribution in [3.8, 4) is 11.5 Å². The largest absolute Gasteiger partial charge is 0.507 e. The standard InChI is InChI=1S/C12H10O3/c1-15-11-3-2-8-6-12(14)10(7-13)4-9(8)5-11/h2-7,14H,1H3. The Morgan fingerprint density at radius 3 is 2.67 bits per heavy atom. The Bertz CT molecular complexity index is 518. The molecule has 3 nitrogen and oxygen atoms in total. The number of phenols is 1. The van der Waals surface area contributed by atoms with Crippen molar-refractivity contribution in [2.45, 2.75) is 0 Å². The van der Waals surface area contributed by atoms with Crippen LogP contribution in [0.4, 0.5) is 0 Å². The SMILES string of the molecule is COc1ccc2cc(O)c(C=O)cc2c1. The van der Waals surface area contributed by atoms with Gasteiger partial charge in [-0.05, 0) is 35.0 Å². The lowest BCUT2D eigenvalue weighted by atomic mass is 10.1. The molecule has 0 aromatic heterocycles. The monoisotopic (exact) mass is 202 g/mol.